The largest absolute Gasteiger partial charge is 0.434 e. The molecule has 10 nitrogen and oxygen atoms in total. The molecule has 0 saturated carbocycles. The van der Waals surface area contributed by atoms with Gasteiger partial charge in [0, 0.05) is 36.3 Å². The third-order valence-corrected chi connectivity index (χ3v) is 5.61. The van der Waals surface area contributed by atoms with Crippen molar-refractivity contribution >= 4 is 34.9 Å². The monoisotopic (exact) mass is 572 g/mol. The van der Waals surface area contributed by atoms with Gasteiger partial charge in [0.15, 0.2) is 11.5 Å². The fourth-order valence-electron chi connectivity index (χ4n) is 3.33. The lowest BCUT2D eigenvalue weighted by atomic mass is 10.1. The van der Waals surface area contributed by atoms with Crippen molar-refractivity contribution in [2.75, 3.05) is 5.32 Å². The van der Waals surface area contributed by atoms with Gasteiger partial charge in [-0.3, -0.25) is 14.6 Å². The zero-order chi connectivity index (χ0) is 28.5. The topological polar surface area (TPSA) is 138 Å². The number of aromatic amines is 1. The summed E-state index contributed by atoms with van der Waals surface area (Å²) in [6, 6.07) is 1.02. The number of nitrogens with one attached hydrogen (secondary N) is 3. The van der Waals surface area contributed by atoms with Crippen LogP contribution in [-0.4, -0.2) is 48.5 Å². The van der Waals surface area contributed by atoms with Crippen molar-refractivity contribution in [1.29, 1.82) is 0 Å². The molecule has 0 fully saturated rings. The molecule has 0 spiro atoms. The summed E-state index contributed by atoms with van der Waals surface area (Å²) in [7, 11) is 0. The molecule has 0 radical (unpaired) electrons. The van der Waals surface area contributed by atoms with Crippen LogP contribution in [0.15, 0.2) is 47.6 Å². The van der Waals surface area contributed by atoms with Gasteiger partial charge >= 0.3 is 12.4 Å². The number of carbonyl (C=O) groups excluding carboxylic acids is 2. The summed E-state index contributed by atoms with van der Waals surface area (Å²) in [4.78, 5) is 46.4. The molecule has 0 bridgehead atoms. The summed E-state index contributed by atoms with van der Waals surface area (Å²) in [6.07, 6.45) is -5.83. The van der Waals surface area contributed by atoms with Gasteiger partial charge in [-0.25, -0.2) is 19.9 Å². The molecule has 0 unspecified atom stereocenters. The van der Waals surface area contributed by atoms with Gasteiger partial charge in [-0.15, -0.1) is 0 Å². The molecule has 3 aromatic heterocycles. The van der Waals surface area contributed by atoms with Gasteiger partial charge in [-0.2, -0.15) is 26.3 Å². The fraction of sp³-hybridized carbons (Fsp3) is 0.227. The number of hydrogen-bond donors (Lipinski definition) is 3. The predicted molar refractivity (Wildman–Crippen MR) is 125 cm³/mol. The van der Waals surface area contributed by atoms with Crippen LogP contribution in [0, 0.1) is 0 Å². The SMILES string of the molecule is C[C@@H](NC(=O)c1cc(-c2nc(C(F)(F)F)c[nH]2)ncn1)C1=NC=C(C(=O)Nc2cc(C(F)(F)F)c(Cl)cn2)C1. The first-order valence-electron chi connectivity index (χ1n) is 10.8. The number of rotatable bonds is 6. The third-order valence-electron chi connectivity index (χ3n) is 5.31. The number of halogens is 7. The summed E-state index contributed by atoms with van der Waals surface area (Å²) in [5, 5.41) is 4.22. The van der Waals surface area contributed by atoms with Crippen LogP contribution in [0.3, 0.4) is 0 Å². The van der Waals surface area contributed by atoms with Gasteiger partial charge in [0.25, 0.3) is 11.8 Å². The lowest BCUT2D eigenvalue weighted by Crippen LogP contribution is -2.38. The zero-order valence-electron chi connectivity index (χ0n) is 19.4. The van der Waals surface area contributed by atoms with Gasteiger partial charge in [-0.05, 0) is 19.1 Å². The normalized spacial score (nSPS) is 14.5. The molecule has 1 atom stereocenters. The minimum absolute atomic E-state index is 0.0331. The Morgan fingerprint density at radius 3 is 2.46 bits per heavy atom. The number of hydrogen-bond acceptors (Lipinski definition) is 7. The second kappa shape index (κ2) is 10.4. The van der Waals surface area contributed by atoms with Crippen molar-refractivity contribution in [3.63, 3.8) is 0 Å². The van der Waals surface area contributed by atoms with Crippen molar-refractivity contribution in [3.05, 3.63) is 64.6 Å². The number of anilines is 1. The van der Waals surface area contributed by atoms with Crippen LogP contribution in [0.25, 0.3) is 11.5 Å². The lowest BCUT2D eigenvalue weighted by molar-refractivity contribution is -0.141. The van der Waals surface area contributed by atoms with Gasteiger partial charge in [0.05, 0.1) is 16.6 Å². The Labute approximate surface area is 219 Å². The van der Waals surface area contributed by atoms with E-state index in [1.807, 2.05) is 0 Å². The Balaban J connectivity index is 1.36. The second-order valence-corrected chi connectivity index (χ2v) is 8.48. The number of pyridine rings is 1. The molecule has 4 heterocycles. The number of H-pyrrole nitrogens is 1. The number of aliphatic imine (C=N–C) groups is 1. The maximum atomic E-state index is 13.0. The zero-order valence-corrected chi connectivity index (χ0v) is 20.2. The van der Waals surface area contributed by atoms with E-state index < -0.39 is 46.5 Å². The lowest BCUT2D eigenvalue weighted by Gasteiger charge is -2.15. The number of amides is 2. The minimum atomic E-state index is -4.75. The molecular formula is C22H15ClF6N8O2. The van der Waals surface area contributed by atoms with Crippen LogP contribution in [0.5, 0.6) is 0 Å². The van der Waals surface area contributed by atoms with E-state index in [0.717, 1.165) is 18.6 Å². The summed E-state index contributed by atoms with van der Waals surface area (Å²) in [5.74, 6) is -2.05. The first-order valence-corrected chi connectivity index (χ1v) is 11.2. The van der Waals surface area contributed by atoms with Gasteiger partial charge in [0.1, 0.15) is 23.5 Å². The van der Waals surface area contributed by atoms with E-state index in [0.29, 0.717) is 18.0 Å². The maximum absolute atomic E-state index is 13.0. The van der Waals surface area contributed by atoms with Crippen molar-refractivity contribution < 1.29 is 35.9 Å². The van der Waals surface area contributed by atoms with E-state index >= 15 is 0 Å². The smallest absolute Gasteiger partial charge is 0.343 e. The molecule has 1 aliphatic rings. The van der Waals surface area contributed by atoms with E-state index in [1.54, 1.807) is 6.92 Å². The van der Waals surface area contributed by atoms with E-state index in [2.05, 4.69) is 40.5 Å². The third kappa shape index (κ3) is 6.39. The predicted octanol–water partition coefficient (Wildman–Crippen LogP) is 4.44. The molecule has 39 heavy (non-hydrogen) atoms. The van der Waals surface area contributed by atoms with E-state index in [9.17, 15) is 35.9 Å². The first-order chi connectivity index (χ1) is 18.2. The molecule has 3 N–H and O–H groups in total. The summed E-state index contributed by atoms with van der Waals surface area (Å²) >= 11 is 5.53. The number of nitrogens with zero attached hydrogens (tertiary/aromatic N) is 5. The molecule has 0 saturated heterocycles. The van der Waals surface area contributed by atoms with Crippen LogP contribution < -0.4 is 10.6 Å². The Kier molecular flexibility index (Phi) is 7.41. The molecule has 17 heteroatoms. The summed E-state index contributed by atoms with van der Waals surface area (Å²) in [6.45, 7) is 1.56. The van der Waals surface area contributed by atoms with Crippen LogP contribution in [0.2, 0.25) is 5.02 Å². The van der Waals surface area contributed by atoms with Gasteiger partial charge < -0.3 is 15.6 Å². The molecule has 0 aliphatic carbocycles. The van der Waals surface area contributed by atoms with Gasteiger partial charge in [0.2, 0.25) is 0 Å². The average molecular weight is 573 g/mol. The van der Waals surface area contributed by atoms with Crippen molar-refractivity contribution in [3.8, 4) is 11.5 Å². The molecular weight excluding hydrogens is 558 g/mol. The van der Waals surface area contributed by atoms with E-state index in [4.69, 9.17) is 11.6 Å². The molecule has 4 rings (SSSR count). The van der Waals surface area contributed by atoms with Crippen LogP contribution in [0.4, 0.5) is 32.2 Å². The highest BCUT2D eigenvalue weighted by molar-refractivity contribution is 6.31. The Morgan fingerprint density at radius 2 is 1.79 bits per heavy atom. The second-order valence-electron chi connectivity index (χ2n) is 8.07. The van der Waals surface area contributed by atoms with Crippen molar-refractivity contribution in [2.45, 2.75) is 31.7 Å². The van der Waals surface area contributed by atoms with E-state index in [-0.39, 0.29) is 35.0 Å². The minimum Gasteiger partial charge on any atom is -0.343 e. The molecule has 1 aliphatic heterocycles. The number of carbonyl (C=O) groups is 2. The van der Waals surface area contributed by atoms with Crippen LogP contribution in [-0.2, 0) is 17.1 Å². The highest BCUT2D eigenvalue weighted by atomic mass is 35.5. The number of alkyl halides is 6. The first kappa shape index (κ1) is 27.7. The Hall–Kier alpha value is -4.34. The maximum Gasteiger partial charge on any atom is 0.434 e. The Bertz CT molecular complexity index is 1500. The van der Waals surface area contributed by atoms with E-state index in [1.165, 1.54) is 6.20 Å². The standard InChI is InChI=1S/C22H15ClF6N8O2/c1-9(35-20(39)15-4-14(33-8-34-15)18-32-7-16(36-18)22(27,28)29)13-2-10(5-30-13)19(38)37-17-3-11(21(24,25)26)12(23)6-31-17/h3-9H,2H2,1H3,(H,32,36)(H,35,39)(H,31,37,38)/t9-/m1/s1. The Morgan fingerprint density at radius 1 is 1.05 bits per heavy atom. The highest BCUT2D eigenvalue weighted by Crippen LogP contribution is 2.35. The quantitative estimate of drug-likeness (QED) is 0.374. The van der Waals surface area contributed by atoms with Crippen LogP contribution in [0.1, 0.15) is 35.1 Å². The number of aromatic nitrogens is 5. The molecule has 3 aromatic rings. The summed E-state index contributed by atoms with van der Waals surface area (Å²) < 4.78 is 77.6. The molecule has 2 amide bonds. The van der Waals surface area contributed by atoms with Crippen molar-refractivity contribution in [2.24, 2.45) is 4.99 Å². The fourth-order valence-corrected chi connectivity index (χ4v) is 3.55. The highest BCUT2D eigenvalue weighted by Gasteiger charge is 2.35. The van der Waals surface area contributed by atoms with Crippen LogP contribution >= 0.6 is 11.6 Å². The average Bonchev–Trinajstić information content (AvgIpc) is 3.55. The van der Waals surface area contributed by atoms with Crippen molar-refractivity contribution in [1.82, 2.24) is 30.2 Å². The van der Waals surface area contributed by atoms with Gasteiger partial charge in [-0.1, -0.05) is 11.6 Å². The molecule has 0 aromatic carbocycles. The summed E-state index contributed by atoms with van der Waals surface area (Å²) in [5.41, 5.74) is -2.10. The number of imidazole rings is 1. The molecule has 204 valence electrons.